The Labute approximate surface area is 215 Å². The lowest BCUT2D eigenvalue weighted by molar-refractivity contribution is -0.385. The van der Waals surface area contributed by atoms with Gasteiger partial charge in [0.25, 0.3) is 5.91 Å². The number of carbonyl (C=O) groups excluding carboxylic acids is 1. The second-order valence-electron chi connectivity index (χ2n) is 6.51. The average Bonchev–Trinajstić information content (AvgIpc) is 2.96. The number of amides is 1. The fourth-order valence-corrected chi connectivity index (χ4v) is 5.35. The highest BCUT2D eigenvalue weighted by Crippen LogP contribution is 2.43. The molecule has 1 N–H and O–H groups in total. The Hall–Kier alpha value is -2.49. The number of nitro benzene ring substituents is 1. The normalized spacial score (nSPS) is 15.2. The van der Waals surface area contributed by atoms with Crippen LogP contribution in [-0.2, 0) is 15.8 Å². The van der Waals surface area contributed by atoms with Gasteiger partial charge in [-0.2, -0.15) is 13.2 Å². The summed E-state index contributed by atoms with van der Waals surface area (Å²) in [5.41, 5.74) is -1.61. The van der Waals surface area contributed by atoms with Crippen LogP contribution in [-0.4, -0.2) is 37.7 Å². The summed E-state index contributed by atoms with van der Waals surface area (Å²) < 4.78 is 44.9. The Morgan fingerprint density at radius 1 is 1.26 bits per heavy atom. The van der Waals surface area contributed by atoms with Gasteiger partial charge in [0.05, 0.1) is 24.3 Å². The Morgan fingerprint density at radius 3 is 2.41 bits per heavy atom. The van der Waals surface area contributed by atoms with Crippen molar-refractivity contribution in [2.45, 2.75) is 6.18 Å². The molecule has 3 rings (SSSR count). The van der Waals surface area contributed by atoms with E-state index in [0.717, 1.165) is 22.7 Å². The summed E-state index contributed by atoms with van der Waals surface area (Å²) in [5.74, 6) is -2.17. The van der Waals surface area contributed by atoms with E-state index in [-0.39, 0.29) is 23.9 Å². The first-order valence-corrected chi connectivity index (χ1v) is 11.6. The molecule has 34 heavy (non-hydrogen) atoms. The molecule has 0 aliphatic carbocycles. The van der Waals surface area contributed by atoms with Gasteiger partial charge < -0.3 is 9.84 Å². The SMILES string of the molecule is O=C(O)CN1C(=O)/C(=C\c2cc(Br)c(Oc3ccc(C(F)(F)F)cc3[N+](=O)[O-])c(Br)c2)SC1=S. The maximum Gasteiger partial charge on any atom is 0.416 e. The van der Waals surface area contributed by atoms with Crippen molar-refractivity contribution in [2.24, 2.45) is 0 Å². The van der Waals surface area contributed by atoms with Crippen LogP contribution in [0.2, 0.25) is 0 Å². The number of benzene rings is 2. The van der Waals surface area contributed by atoms with E-state index in [0.29, 0.717) is 17.7 Å². The van der Waals surface area contributed by atoms with Crippen molar-refractivity contribution in [1.29, 1.82) is 0 Å². The monoisotopic (exact) mass is 640 g/mol. The number of thioether (sulfide) groups is 1. The fraction of sp³-hybridized carbons (Fsp3) is 0.105. The number of alkyl halides is 3. The van der Waals surface area contributed by atoms with E-state index in [1.165, 1.54) is 18.2 Å². The van der Waals surface area contributed by atoms with E-state index >= 15 is 0 Å². The van der Waals surface area contributed by atoms with Gasteiger partial charge in [-0.05, 0) is 67.8 Å². The molecule has 0 spiro atoms. The number of rotatable bonds is 6. The van der Waals surface area contributed by atoms with Crippen LogP contribution < -0.4 is 4.74 Å². The standard InChI is InChI=1S/C19H9Br2F3N2O6S2/c20-10-3-8(5-14-17(29)25(7-15(27)28)18(33)34-14)4-11(21)16(10)32-13-2-1-9(19(22,23)24)6-12(13)26(30)31/h1-6H,7H2,(H,27,28)/b14-5+. The fourth-order valence-electron chi connectivity index (χ4n) is 2.72. The molecule has 1 fully saturated rings. The number of hydrogen-bond acceptors (Lipinski definition) is 7. The third-order valence-corrected chi connectivity index (χ3v) is 6.74. The predicted octanol–water partition coefficient (Wildman–Crippen LogP) is 6.22. The smallest absolute Gasteiger partial charge is 0.416 e. The molecule has 0 bridgehead atoms. The molecule has 1 saturated heterocycles. The number of nitro groups is 1. The lowest BCUT2D eigenvalue weighted by atomic mass is 10.1. The first kappa shape index (κ1) is 26.1. The minimum Gasteiger partial charge on any atom is -0.480 e. The van der Waals surface area contributed by atoms with Gasteiger partial charge in [-0.15, -0.1) is 0 Å². The number of halogens is 5. The number of ether oxygens (including phenoxy) is 1. The Balaban J connectivity index is 1.93. The molecular weight excluding hydrogens is 633 g/mol. The highest BCUT2D eigenvalue weighted by atomic mass is 79.9. The molecule has 15 heteroatoms. The van der Waals surface area contributed by atoms with Crippen LogP contribution in [0.3, 0.4) is 0 Å². The number of carboxylic acids is 1. The summed E-state index contributed by atoms with van der Waals surface area (Å²) in [7, 11) is 0. The molecule has 0 aromatic heterocycles. The number of carbonyl (C=O) groups is 2. The van der Waals surface area contributed by atoms with Gasteiger partial charge in [-0.3, -0.25) is 24.6 Å². The largest absolute Gasteiger partial charge is 0.480 e. The average molecular weight is 642 g/mol. The quantitative estimate of drug-likeness (QED) is 0.171. The van der Waals surface area contributed by atoms with Crippen LogP contribution in [0.4, 0.5) is 18.9 Å². The molecule has 8 nitrogen and oxygen atoms in total. The molecular formula is C19H9Br2F3N2O6S2. The van der Waals surface area contributed by atoms with Gasteiger partial charge >= 0.3 is 17.8 Å². The minimum atomic E-state index is -4.77. The lowest BCUT2D eigenvalue weighted by Gasteiger charge is -2.13. The van der Waals surface area contributed by atoms with Crippen molar-refractivity contribution in [1.82, 2.24) is 4.90 Å². The van der Waals surface area contributed by atoms with Crippen molar-refractivity contribution in [3.8, 4) is 11.5 Å². The van der Waals surface area contributed by atoms with Crippen LogP contribution >= 0.6 is 55.8 Å². The van der Waals surface area contributed by atoms with Gasteiger partial charge in [0.2, 0.25) is 5.75 Å². The summed E-state index contributed by atoms with van der Waals surface area (Å²) in [4.78, 5) is 34.8. The predicted molar refractivity (Wildman–Crippen MR) is 128 cm³/mol. The second kappa shape index (κ2) is 10.0. The Bertz CT molecular complexity index is 1250. The van der Waals surface area contributed by atoms with E-state index in [1.54, 1.807) is 0 Å². The number of aliphatic carboxylic acids is 1. The van der Waals surface area contributed by atoms with Crippen LogP contribution in [0.1, 0.15) is 11.1 Å². The van der Waals surface area contributed by atoms with Crippen molar-refractivity contribution in [2.75, 3.05) is 6.54 Å². The van der Waals surface area contributed by atoms with Gasteiger partial charge in [0.15, 0.2) is 5.75 Å². The molecule has 0 atom stereocenters. The minimum absolute atomic E-state index is 0.0402. The third-order valence-electron chi connectivity index (χ3n) is 4.18. The number of nitrogens with zero attached hydrogens (tertiary/aromatic N) is 2. The highest BCUT2D eigenvalue weighted by Gasteiger charge is 2.34. The van der Waals surface area contributed by atoms with Gasteiger partial charge in [-0.25, -0.2) is 0 Å². The number of thiocarbonyl (C=S) groups is 1. The summed E-state index contributed by atoms with van der Waals surface area (Å²) in [6.07, 6.45) is -3.31. The molecule has 1 aliphatic heterocycles. The molecule has 0 radical (unpaired) electrons. The van der Waals surface area contributed by atoms with E-state index in [4.69, 9.17) is 22.1 Å². The molecule has 1 amide bonds. The molecule has 178 valence electrons. The van der Waals surface area contributed by atoms with Crippen LogP contribution in [0.5, 0.6) is 11.5 Å². The van der Waals surface area contributed by atoms with E-state index in [1.807, 2.05) is 0 Å². The number of carboxylic acid groups (broad SMARTS) is 1. The zero-order valence-corrected chi connectivity index (χ0v) is 21.1. The zero-order valence-electron chi connectivity index (χ0n) is 16.3. The first-order valence-electron chi connectivity index (χ1n) is 8.77. The van der Waals surface area contributed by atoms with Crippen LogP contribution in [0, 0.1) is 10.1 Å². The van der Waals surface area contributed by atoms with Crippen molar-refractivity contribution < 1.29 is 37.5 Å². The van der Waals surface area contributed by atoms with E-state index in [2.05, 4.69) is 31.9 Å². The summed E-state index contributed by atoms with van der Waals surface area (Å²) in [5, 5.41) is 20.2. The lowest BCUT2D eigenvalue weighted by Crippen LogP contribution is -2.33. The molecule has 2 aromatic carbocycles. The summed E-state index contributed by atoms with van der Waals surface area (Å²) in [6, 6.07) is 4.89. The zero-order chi connectivity index (χ0) is 25.4. The van der Waals surface area contributed by atoms with Crippen LogP contribution in [0.15, 0.2) is 44.2 Å². The molecule has 1 aliphatic rings. The van der Waals surface area contributed by atoms with Crippen molar-refractivity contribution in [3.05, 3.63) is 65.4 Å². The number of hydrogen-bond donors (Lipinski definition) is 1. The topological polar surface area (TPSA) is 110 Å². The Kier molecular flexibility index (Phi) is 7.69. The van der Waals surface area contributed by atoms with Crippen molar-refractivity contribution >= 4 is 83.8 Å². The van der Waals surface area contributed by atoms with Gasteiger partial charge in [0.1, 0.15) is 10.9 Å². The Morgan fingerprint density at radius 2 is 1.88 bits per heavy atom. The summed E-state index contributed by atoms with van der Waals surface area (Å²) >= 11 is 12.5. The van der Waals surface area contributed by atoms with E-state index < -0.39 is 46.5 Å². The first-order chi connectivity index (χ1) is 15.8. The van der Waals surface area contributed by atoms with Crippen LogP contribution in [0.25, 0.3) is 6.08 Å². The maximum absolute atomic E-state index is 12.9. The van der Waals surface area contributed by atoms with E-state index in [9.17, 15) is 32.9 Å². The highest BCUT2D eigenvalue weighted by molar-refractivity contribution is 9.11. The van der Waals surface area contributed by atoms with Gasteiger partial charge in [-0.1, -0.05) is 24.0 Å². The van der Waals surface area contributed by atoms with Gasteiger partial charge in [0, 0.05) is 6.07 Å². The maximum atomic E-state index is 12.9. The molecule has 0 unspecified atom stereocenters. The molecule has 2 aromatic rings. The summed E-state index contributed by atoms with van der Waals surface area (Å²) in [6.45, 7) is -0.575. The molecule has 0 saturated carbocycles. The third kappa shape index (κ3) is 5.76. The van der Waals surface area contributed by atoms with Crippen molar-refractivity contribution in [3.63, 3.8) is 0 Å². The molecule has 1 heterocycles. The second-order valence-corrected chi connectivity index (χ2v) is 9.90.